The average molecular weight is 321 g/mol. The summed E-state index contributed by atoms with van der Waals surface area (Å²) in [4.78, 5) is 4.12. The zero-order valence-corrected chi connectivity index (χ0v) is 13.8. The summed E-state index contributed by atoms with van der Waals surface area (Å²) < 4.78 is 17.2. The Balaban J connectivity index is 1.98. The Hall–Kier alpha value is -1.50. The number of anilines is 1. The normalized spacial score (nSPS) is 19.6. The fraction of sp³-hybridized carbons (Fsp3) is 0.400. The second-order valence-electron chi connectivity index (χ2n) is 6.43. The summed E-state index contributed by atoms with van der Waals surface area (Å²) >= 11 is 6.23. The van der Waals surface area contributed by atoms with Gasteiger partial charge >= 0.3 is 7.12 Å². The van der Waals surface area contributed by atoms with Crippen LogP contribution in [0, 0.1) is 0 Å². The van der Waals surface area contributed by atoms with E-state index in [1.54, 1.807) is 6.07 Å². The van der Waals surface area contributed by atoms with Crippen LogP contribution < -0.4 is 11.2 Å². The predicted molar refractivity (Wildman–Crippen MR) is 87.1 cm³/mol. The number of hydrogen-bond acceptors (Lipinski definition) is 5. The van der Waals surface area contributed by atoms with E-state index < -0.39 is 18.3 Å². The van der Waals surface area contributed by atoms with Crippen molar-refractivity contribution in [3.63, 3.8) is 0 Å². The molecule has 3 rings (SSSR count). The lowest BCUT2D eigenvalue weighted by Gasteiger charge is -2.32. The molecule has 0 atom stereocenters. The van der Waals surface area contributed by atoms with E-state index in [4.69, 9.17) is 31.1 Å². The van der Waals surface area contributed by atoms with Crippen molar-refractivity contribution in [2.75, 3.05) is 5.73 Å². The molecule has 1 fully saturated rings. The zero-order valence-electron chi connectivity index (χ0n) is 13.0. The molecule has 22 heavy (non-hydrogen) atoms. The lowest BCUT2D eigenvalue weighted by Crippen LogP contribution is -2.41. The van der Waals surface area contributed by atoms with Gasteiger partial charge in [0, 0.05) is 10.6 Å². The van der Waals surface area contributed by atoms with Gasteiger partial charge in [0.05, 0.1) is 11.2 Å². The highest BCUT2D eigenvalue weighted by Crippen LogP contribution is 2.37. The first kappa shape index (κ1) is 15.4. The molecule has 1 aromatic heterocycles. The van der Waals surface area contributed by atoms with E-state index in [1.807, 2.05) is 39.8 Å². The number of rotatable bonds is 2. The van der Waals surface area contributed by atoms with Gasteiger partial charge in [0.25, 0.3) is 6.01 Å². The molecule has 0 aliphatic carbocycles. The van der Waals surface area contributed by atoms with Crippen molar-refractivity contribution in [1.29, 1.82) is 0 Å². The van der Waals surface area contributed by atoms with Gasteiger partial charge in [0.1, 0.15) is 12.0 Å². The average Bonchev–Trinajstić information content (AvgIpc) is 2.91. The molecule has 2 N–H and O–H groups in total. The summed E-state index contributed by atoms with van der Waals surface area (Å²) in [5.41, 5.74) is 6.98. The van der Waals surface area contributed by atoms with Crippen LogP contribution in [0.2, 0.25) is 5.02 Å². The maximum Gasteiger partial charge on any atom is 0.494 e. The van der Waals surface area contributed by atoms with Crippen molar-refractivity contribution in [3.8, 4) is 11.3 Å². The van der Waals surface area contributed by atoms with E-state index in [0.717, 1.165) is 11.0 Å². The summed E-state index contributed by atoms with van der Waals surface area (Å²) in [7, 11) is -0.480. The van der Waals surface area contributed by atoms with Crippen LogP contribution in [0.3, 0.4) is 0 Å². The van der Waals surface area contributed by atoms with E-state index in [0.29, 0.717) is 10.7 Å². The van der Waals surface area contributed by atoms with Crippen molar-refractivity contribution in [3.05, 3.63) is 29.5 Å². The summed E-state index contributed by atoms with van der Waals surface area (Å²) in [6, 6.07) is 5.67. The third kappa shape index (κ3) is 2.62. The van der Waals surface area contributed by atoms with Gasteiger partial charge in [-0.05, 0) is 45.3 Å². The molecule has 0 radical (unpaired) electrons. The Bertz CT molecular complexity index is 699. The molecule has 2 heterocycles. The molecule has 1 aliphatic rings. The fourth-order valence-corrected chi connectivity index (χ4v) is 2.54. The summed E-state index contributed by atoms with van der Waals surface area (Å²) in [5, 5.41) is 0.573. The third-order valence-electron chi connectivity index (χ3n) is 4.26. The van der Waals surface area contributed by atoms with Crippen LogP contribution in [0.15, 0.2) is 28.9 Å². The molecule has 0 spiro atoms. The minimum absolute atomic E-state index is 0.118. The van der Waals surface area contributed by atoms with Crippen molar-refractivity contribution < 1.29 is 13.7 Å². The highest BCUT2D eigenvalue weighted by atomic mass is 35.5. The second-order valence-corrected chi connectivity index (χ2v) is 6.87. The van der Waals surface area contributed by atoms with Crippen LogP contribution in [0.4, 0.5) is 6.01 Å². The molecule has 0 bridgehead atoms. The number of hydrogen-bond donors (Lipinski definition) is 1. The highest BCUT2D eigenvalue weighted by Gasteiger charge is 2.51. The molecular formula is C15H18BClN2O3. The monoisotopic (exact) mass is 320 g/mol. The minimum Gasteiger partial charge on any atom is -0.432 e. The van der Waals surface area contributed by atoms with Gasteiger partial charge in [0.2, 0.25) is 0 Å². The number of oxazole rings is 1. The maximum absolute atomic E-state index is 6.23. The largest absolute Gasteiger partial charge is 0.494 e. The third-order valence-corrected chi connectivity index (χ3v) is 4.48. The van der Waals surface area contributed by atoms with Crippen molar-refractivity contribution in [1.82, 2.24) is 4.98 Å². The predicted octanol–water partition coefficient (Wildman–Crippen LogP) is 2.88. The molecule has 2 aromatic rings. The van der Waals surface area contributed by atoms with Gasteiger partial charge in [-0.3, -0.25) is 0 Å². The number of aromatic nitrogens is 1. The quantitative estimate of drug-likeness (QED) is 0.862. The van der Waals surface area contributed by atoms with Crippen molar-refractivity contribution >= 4 is 30.2 Å². The second kappa shape index (κ2) is 5.01. The Labute approximate surface area is 134 Å². The molecule has 1 aliphatic heterocycles. The van der Waals surface area contributed by atoms with E-state index in [1.165, 1.54) is 6.26 Å². The number of nitrogen functional groups attached to an aromatic ring is 1. The molecule has 1 saturated heterocycles. The SMILES string of the molecule is CC1(C)OB(c2cc(Cl)cc(-c3coc(N)n3)c2)OC1(C)C. The molecule has 5 nitrogen and oxygen atoms in total. The number of halogens is 1. The lowest BCUT2D eigenvalue weighted by atomic mass is 9.78. The van der Waals surface area contributed by atoms with Crippen LogP contribution in [0.25, 0.3) is 11.3 Å². The van der Waals surface area contributed by atoms with E-state index in [2.05, 4.69) is 4.98 Å². The molecule has 0 unspecified atom stereocenters. The first-order valence-corrected chi connectivity index (χ1v) is 7.43. The maximum atomic E-state index is 6.23. The molecule has 0 amide bonds. The Morgan fingerprint density at radius 3 is 2.27 bits per heavy atom. The van der Waals surface area contributed by atoms with Gasteiger partial charge in [0.15, 0.2) is 0 Å². The van der Waals surface area contributed by atoms with Crippen molar-refractivity contribution in [2.24, 2.45) is 0 Å². The smallest absolute Gasteiger partial charge is 0.432 e. The molecule has 1 aromatic carbocycles. The first-order valence-electron chi connectivity index (χ1n) is 7.05. The van der Waals surface area contributed by atoms with Gasteiger partial charge in [-0.15, -0.1) is 0 Å². The number of nitrogens with two attached hydrogens (primary N) is 1. The van der Waals surface area contributed by atoms with E-state index >= 15 is 0 Å². The molecule has 116 valence electrons. The van der Waals surface area contributed by atoms with E-state index in [9.17, 15) is 0 Å². The molecular weight excluding hydrogens is 302 g/mol. The van der Waals surface area contributed by atoms with Crippen LogP contribution in [-0.4, -0.2) is 23.3 Å². The van der Waals surface area contributed by atoms with Crippen LogP contribution >= 0.6 is 11.6 Å². The Morgan fingerprint density at radius 2 is 1.73 bits per heavy atom. The van der Waals surface area contributed by atoms with Crippen LogP contribution in [0.5, 0.6) is 0 Å². The summed E-state index contributed by atoms with van der Waals surface area (Å²) in [6.45, 7) is 8.04. The van der Waals surface area contributed by atoms with Gasteiger partial charge in [-0.2, -0.15) is 4.98 Å². The number of benzene rings is 1. The molecule has 0 saturated carbocycles. The standard InChI is InChI=1S/C15H18BClN2O3/c1-14(2)15(3,4)22-16(21-14)10-5-9(6-11(17)7-10)12-8-20-13(18)19-12/h5-8H,1-4H3,(H2,18,19). The molecule has 7 heteroatoms. The summed E-state index contributed by atoms with van der Waals surface area (Å²) in [5.74, 6) is 0. The van der Waals surface area contributed by atoms with Gasteiger partial charge < -0.3 is 19.5 Å². The van der Waals surface area contributed by atoms with Gasteiger partial charge in [-0.25, -0.2) is 0 Å². The van der Waals surface area contributed by atoms with E-state index in [-0.39, 0.29) is 6.01 Å². The minimum atomic E-state index is -0.480. The highest BCUT2D eigenvalue weighted by molar-refractivity contribution is 6.62. The van der Waals surface area contributed by atoms with Gasteiger partial charge in [-0.1, -0.05) is 17.7 Å². The zero-order chi connectivity index (χ0) is 16.1. The lowest BCUT2D eigenvalue weighted by molar-refractivity contribution is 0.00578. The Morgan fingerprint density at radius 1 is 1.09 bits per heavy atom. The first-order chi connectivity index (χ1) is 10.2. The van der Waals surface area contributed by atoms with Crippen molar-refractivity contribution in [2.45, 2.75) is 38.9 Å². The Kier molecular flexibility index (Phi) is 3.51. The number of nitrogens with zero attached hydrogens (tertiary/aromatic N) is 1. The fourth-order valence-electron chi connectivity index (χ4n) is 2.30. The van der Waals surface area contributed by atoms with Crippen LogP contribution in [-0.2, 0) is 9.31 Å². The topological polar surface area (TPSA) is 70.5 Å². The summed E-state index contributed by atoms with van der Waals surface area (Å²) in [6.07, 6.45) is 1.50. The van der Waals surface area contributed by atoms with Crippen LogP contribution in [0.1, 0.15) is 27.7 Å².